The van der Waals surface area contributed by atoms with Crippen LogP contribution in [0.2, 0.25) is 0 Å². The van der Waals surface area contributed by atoms with Gasteiger partial charge in [0.05, 0.1) is 12.3 Å². The number of aliphatic hydroxyl groups excluding tert-OH is 1. The summed E-state index contributed by atoms with van der Waals surface area (Å²) in [5, 5.41) is 9.30. The second-order valence-electron chi connectivity index (χ2n) is 5.18. The molecule has 0 unspecified atom stereocenters. The SMILES string of the molecule is NC(=O)c1ccc(N)c(N(CCO)C2CCCCC2)n1. The van der Waals surface area contributed by atoms with E-state index in [1.165, 1.54) is 25.3 Å². The Labute approximate surface area is 118 Å². The van der Waals surface area contributed by atoms with Gasteiger partial charge in [-0.25, -0.2) is 4.98 Å². The molecule has 1 aromatic rings. The molecule has 110 valence electrons. The molecule has 1 aliphatic rings. The number of rotatable bonds is 5. The standard InChI is InChI=1S/C14H22N4O2/c15-11-6-7-12(13(16)20)17-14(11)18(8-9-19)10-4-2-1-3-5-10/h6-7,10,19H,1-5,8-9,15H2,(H2,16,20). The number of carbonyl (C=O) groups is 1. The molecular formula is C14H22N4O2. The Morgan fingerprint density at radius 2 is 2.05 bits per heavy atom. The average molecular weight is 278 g/mol. The van der Waals surface area contributed by atoms with Crippen LogP contribution in [0.1, 0.15) is 42.6 Å². The number of aliphatic hydroxyl groups is 1. The lowest BCUT2D eigenvalue weighted by Gasteiger charge is -2.35. The van der Waals surface area contributed by atoms with Gasteiger partial charge in [0.2, 0.25) is 0 Å². The fourth-order valence-corrected chi connectivity index (χ4v) is 2.79. The van der Waals surface area contributed by atoms with E-state index in [4.69, 9.17) is 11.5 Å². The molecule has 0 aliphatic heterocycles. The van der Waals surface area contributed by atoms with Crippen LogP contribution in [0.25, 0.3) is 0 Å². The van der Waals surface area contributed by atoms with Crippen LogP contribution in [0.15, 0.2) is 12.1 Å². The van der Waals surface area contributed by atoms with Crippen LogP contribution in [0.4, 0.5) is 11.5 Å². The third-order valence-electron chi connectivity index (χ3n) is 3.79. The highest BCUT2D eigenvalue weighted by Crippen LogP contribution is 2.29. The third kappa shape index (κ3) is 3.19. The number of hydrogen-bond donors (Lipinski definition) is 3. The molecule has 0 atom stereocenters. The summed E-state index contributed by atoms with van der Waals surface area (Å²) in [6.07, 6.45) is 5.70. The van der Waals surface area contributed by atoms with Crippen molar-refractivity contribution in [2.45, 2.75) is 38.1 Å². The van der Waals surface area contributed by atoms with Crippen molar-refractivity contribution in [2.24, 2.45) is 5.73 Å². The Morgan fingerprint density at radius 3 is 2.65 bits per heavy atom. The molecule has 0 bridgehead atoms. The minimum Gasteiger partial charge on any atom is -0.396 e. The Kier molecular flexibility index (Phi) is 4.79. The maximum Gasteiger partial charge on any atom is 0.267 e. The molecule has 5 N–H and O–H groups in total. The molecule has 1 aliphatic carbocycles. The fraction of sp³-hybridized carbons (Fsp3) is 0.571. The van der Waals surface area contributed by atoms with Gasteiger partial charge in [0.1, 0.15) is 5.69 Å². The molecule has 0 aromatic carbocycles. The van der Waals surface area contributed by atoms with Crippen LogP contribution in [0.5, 0.6) is 0 Å². The molecule has 20 heavy (non-hydrogen) atoms. The molecule has 1 fully saturated rings. The minimum absolute atomic E-state index is 0.0262. The number of hydrogen-bond acceptors (Lipinski definition) is 5. The summed E-state index contributed by atoms with van der Waals surface area (Å²) in [5.41, 5.74) is 12.0. The topological polar surface area (TPSA) is 105 Å². The van der Waals surface area contributed by atoms with Gasteiger partial charge < -0.3 is 21.5 Å². The first-order valence-electron chi connectivity index (χ1n) is 7.07. The lowest BCUT2D eigenvalue weighted by molar-refractivity contribution is 0.0995. The summed E-state index contributed by atoms with van der Waals surface area (Å²) in [7, 11) is 0. The van der Waals surface area contributed by atoms with Crippen LogP contribution < -0.4 is 16.4 Å². The molecule has 0 saturated heterocycles. The fourth-order valence-electron chi connectivity index (χ4n) is 2.79. The highest BCUT2D eigenvalue weighted by Gasteiger charge is 2.24. The van der Waals surface area contributed by atoms with Crippen molar-refractivity contribution in [3.63, 3.8) is 0 Å². The highest BCUT2D eigenvalue weighted by atomic mass is 16.3. The first-order valence-corrected chi connectivity index (χ1v) is 7.07. The van der Waals surface area contributed by atoms with Gasteiger partial charge in [0.15, 0.2) is 5.82 Å². The highest BCUT2D eigenvalue weighted by molar-refractivity contribution is 5.91. The van der Waals surface area contributed by atoms with E-state index in [0.717, 1.165) is 12.8 Å². The maximum absolute atomic E-state index is 11.3. The number of amides is 1. The van der Waals surface area contributed by atoms with Crippen LogP contribution in [0.3, 0.4) is 0 Å². The van der Waals surface area contributed by atoms with E-state index in [2.05, 4.69) is 4.98 Å². The van der Waals surface area contributed by atoms with Gasteiger partial charge in [0, 0.05) is 12.6 Å². The van der Waals surface area contributed by atoms with Crippen molar-refractivity contribution in [3.8, 4) is 0 Å². The monoisotopic (exact) mass is 278 g/mol. The number of anilines is 2. The zero-order valence-corrected chi connectivity index (χ0v) is 11.6. The summed E-state index contributed by atoms with van der Waals surface area (Å²) < 4.78 is 0. The molecule has 1 heterocycles. The molecule has 6 heteroatoms. The van der Waals surface area contributed by atoms with E-state index in [9.17, 15) is 9.90 Å². The van der Waals surface area contributed by atoms with E-state index in [1.54, 1.807) is 6.07 Å². The number of carbonyl (C=O) groups excluding carboxylic acids is 1. The van der Waals surface area contributed by atoms with Crippen molar-refractivity contribution in [1.29, 1.82) is 0 Å². The average Bonchev–Trinajstić information content (AvgIpc) is 2.46. The molecule has 1 amide bonds. The second-order valence-corrected chi connectivity index (χ2v) is 5.18. The number of pyridine rings is 1. The van der Waals surface area contributed by atoms with Crippen molar-refractivity contribution in [3.05, 3.63) is 17.8 Å². The Bertz CT molecular complexity index is 472. The summed E-state index contributed by atoms with van der Waals surface area (Å²) in [6.45, 7) is 0.489. The van der Waals surface area contributed by atoms with E-state index < -0.39 is 5.91 Å². The van der Waals surface area contributed by atoms with Crippen LogP contribution in [0, 0.1) is 0 Å². The Hall–Kier alpha value is -1.82. The lowest BCUT2D eigenvalue weighted by atomic mass is 9.94. The van der Waals surface area contributed by atoms with Gasteiger partial charge in [-0.3, -0.25) is 4.79 Å². The van der Waals surface area contributed by atoms with Crippen molar-refractivity contribution in [1.82, 2.24) is 4.98 Å². The quantitative estimate of drug-likeness (QED) is 0.742. The Morgan fingerprint density at radius 1 is 1.35 bits per heavy atom. The normalized spacial score (nSPS) is 16.1. The number of aromatic nitrogens is 1. The van der Waals surface area contributed by atoms with E-state index in [0.29, 0.717) is 24.1 Å². The lowest BCUT2D eigenvalue weighted by Crippen LogP contribution is -2.40. The predicted octanol–water partition coefficient (Wildman–Crippen LogP) is 0.894. The first kappa shape index (κ1) is 14.6. The van der Waals surface area contributed by atoms with Gasteiger partial charge in [-0.05, 0) is 25.0 Å². The van der Waals surface area contributed by atoms with Crippen LogP contribution >= 0.6 is 0 Å². The van der Waals surface area contributed by atoms with Gasteiger partial charge >= 0.3 is 0 Å². The summed E-state index contributed by atoms with van der Waals surface area (Å²) in [4.78, 5) is 17.6. The summed E-state index contributed by atoms with van der Waals surface area (Å²) >= 11 is 0. The summed E-state index contributed by atoms with van der Waals surface area (Å²) in [5.74, 6) is -0.0129. The van der Waals surface area contributed by atoms with Gasteiger partial charge in [0.25, 0.3) is 5.91 Å². The van der Waals surface area contributed by atoms with Crippen molar-refractivity contribution >= 4 is 17.4 Å². The van der Waals surface area contributed by atoms with E-state index >= 15 is 0 Å². The van der Waals surface area contributed by atoms with Gasteiger partial charge in [-0.2, -0.15) is 0 Å². The molecule has 2 rings (SSSR count). The molecular weight excluding hydrogens is 256 g/mol. The largest absolute Gasteiger partial charge is 0.396 e. The maximum atomic E-state index is 11.3. The van der Waals surface area contributed by atoms with Crippen LogP contribution in [-0.4, -0.2) is 35.2 Å². The second kappa shape index (κ2) is 6.56. The number of nitrogen functional groups attached to an aromatic ring is 1. The van der Waals surface area contributed by atoms with Gasteiger partial charge in [-0.1, -0.05) is 19.3 Å². The minimum atomic E-state index is -0.571. The zero-order chi connectivity index (χ0) is 14.5. The smallest absolute Gasteiger partial charge is 0.267 e. The van der Waals surface area contributed by atoms with Crippen molar-refractivity contribution < 1.29 is 9.90 Å². The first-order chi connectivity index (χ1) is 9.63. The van der Waals surface area contributed by atoms with E-state index in [-0.39, 0.29) is 12.3 Å². The predicted molar refractivity (Wildman–Crippen MR) is 78.5 cm³/mol. The van der Waals surface area contributed by atoms with E-state index in [1.807, 2.05) is 4.90 Å². The molecule has 1 aromatic heterocycles. The number of nitrogens with zero attached hydrogens (tertiary/aromatic N) is 2. The third-order valence-corrected chi connectivity index (χ3v) is 3.79. The Balaban J connectivity index is 2.31. The van der Waals surface area contributed by atoms with Crippen LogP contribution in [-0.2, 0) is 0 Å². The number of primary amides is 1. The van der Waals surface area contributed by atoms with Gasteiger partial charge in [-0.15, -0.1) is 0 Å². The molecule has 1 saturated carbocycles. The molecule has 0 spiro atoms. The summed E-state index contributed by atoms with van der Waals surface area (Å²) in [6, 6.07) is 3.49. The molecule has 6 nitrogen and oxygen atoms in total. The molecule has 0 radical (unpaired) electrons. The zero-order valence-electron chi connectivity index (χ0n) is 11.6. The number of nitrogens with two attached hydrogens (primary N) is 2. The van der Waals surface area contributed by atoms with Crippen molar-refractivity contribution in [2.75, 3.05) is 23.8 Å².